The number of para-hydroxylation sites is 1. The molecule has 1 aromatic carbocycles. The van der Waals surface area contributed by atoms with Gasteiger partial charge in [-0.15, -0.1) is 0 Å². The van der Waals surface area contributed by atoms with Crippen molar-refractivity contribution in [3.8, 4) is 0 Å². The summed E-state index contributed by atoms with van der Waals surface area (Å²) in [5.41, 5.74) is 0.622. The number of H-pyrrole nitrogens is 1. The Morgan fingerprint density at radius 2 is 1.95 bits per heavy atom. The van der Waals surface area contributed by atoms with Crippen LogP contribution in [0, 0.1) is 0 Å². The summed E-state index contributed by atoms with van der Waals surface area (Å²) in [4.78, 5) is 34.7. The highest BCUT2D eigenvalue weighted by atomic mass is 16.2. The van der Waals surface area contributed by atoms with E-state index < -0.39 is 0 Å². The highest BCUT2D eigenvalue weighted by molar-refractivity contribution is 5.77. The van der Waals surface area contributed by atoms with Crippen LogP contribution in [0.25, 0.3) is 10.9 Å². The zero-order valence-corrected chi connectivity index (χ0v) is 12.0. The summed E-state index contributed by atoms with van der Waals surface area (Å²) < 4.78 is 0. The molecule has 1 amide bonds. The molecule has 0 aliphatic carbocycles. The summed E-state index contributed by atoms with van der Waals surface area (Å²) >= 11 is 0. The first-order valence-electron chi connectivity index (χ1n) is 7.09. The van der Waals surface area contributed by atoms with Crippen molar-refractivity contribution in [2.75, 3.05) is 26.2 Å². The van der Waals surface area contributed by atoms with Gasteiger partial charge < -0.3 is 9.88 Å². The van der Waals surface area contributed by atoms with Gasteiger partial charge in [0.2, 0.25) is 5.91 Å². The number of carbonyl (C=O) groups excluding carboxylic acids is 1. The van der Waals surface area contributed by atoms with Crippen LogP contribution in [0.4, 0.5) is 0 Å². The molecule has 0 bridgehead atoms. The predicted octanol–water partition coefficient (Wildman–Crippen LogP) is 0.587. The van der Waals surface area contributed by atoms with Crippen LogP contribution in [0.15, 0.2) is 29.1 Å². The second-order valence-corrected chi connectivity index (χ2v) is 5.31. The Balaban J connectivity index is 1.74. The lowest BCUT2D eigenvalue weighted by Crippen LogP contribution is -2.47. The molecule has 0 unspecified atom stereocenters. The summed E-state index contributed by atoms with van der Waals surface area (Å²) in [6, 6.07) is 7.34. The minimum absolute atomic E-state index is 0.0991. The third kappa shape index (κ3) is 2.95. The summed E-state index contributed by atoms with van der Waals surface area (Å²) in [5, 5.41) is 0.614. The van der Waals surface area contributed by atoms with Crippen molar-refractivity contribution in [2.45, 2.75) is 13.5 Å². The Morgan fingerprint density at radius 1 is 1.24 bits per heavy atom. The number of hydrogen-bond donors (Lipinski definition) is 1. The van der Waals surface area contributed by atoms with Gasteiger partial charge in [0, 0.05) is 33.1 Å². The Bertz CT molecular complexity index is 717. The number of aromatic amines is 1. The van der Waals surface area contributed by atoms with E-state index in [1.807, 2.05) is 23.1 Å². The number of nitrogens with one attached hydrogen (secondary N) is 1. The van der Waals surface area contributed by atoms with Crippen molar-refractivity contribution >= 4 is 16.8 Å². The van der Waals surface area contributed by atoms with Crippen molar-refractivity contribution < 1.29 is 4.79 Å². The molecule has 1 fully saturated rings. The van der Waals surface area contributed by atoms with Crippen LogP contribution in [0.1, 0.15) is 12.7 Å². The fraction of sp³-hybridized carbons (Fsp3) is 0.400. The van der Waals surface area contributed by atoms with E-state index in [4.69, 9.17) is 0 Å². The van der Waals surface area contributed by atoms with E-state index in [9.17, 15) is 9.59 Å². The van der Waals surface area contributed by atoms with Crippen LogP contribution in [-0.2, 0) is 11.3 Å². The second-order valence-electron chi connectivity index (χ2n) is 5.31. The number of rotatable bonds is 2. The molecule has 1 saturated heterocycles. The summed E-state index contributed by atoms with van der Waals surface area (Å²) in [7, 11) is 0. The fourth-order valence-corrected chi connectivity index (χ4v) is 2.64. The molecule has 6 heteroatoms. The quantitative estimate of drug-likeness (QED) is 0.877. The molecule has 1 aliphatic heterocycles. The maximum atomic E-state index is 12.0. The van der Waals surface area contributed by atoms with Crippen molar-refractivity contribution in [3.05, 3.63) is 40.4 Å². The zero-order valence-electron chi connectivity index (χ0n) is 12.0. The molecule has 1 aromatic heterocycles. The summed E-state index contributed by atoms with van der Waals surface area (Å²) in [6.07, 6.45) is 0. The van der Waals surface area contributed by atoms with Gasteiger partial charge in [0.15, 0.2) is 0 Å². The number of piperazine rings is 1. The first kappa shape index (κ1) is 13.8. The molecular formula is C15H18N4O2. The van der Waals surface area contributed by atoms with Gasteiger partial charge in [0.1, 0.15) is 5.82 Å². The molecule has 2 aromatic rings. The molecule has 110 valence electrons. The smallest absolute Gasteiger partial charge is 0.258 e. The van der Waals surface area contributed by atoms with Crippen LogP contribution >= 0.6 is 0 Å². The largest absolute Gasteiger partial charge is 0.340 e. The van der Waals surface area contributed by atoms with Crippen LogP contribution in [-0.4, -0.2) is 51.9 Å². The third-order valence-corrected chi connectivity index (χ3v) is 3.85. The summed E-state index contributed by atoms with van der Waals surface area (Å²) in [6.45, 7) is 5.26. The first-order chi connectivity index (χ1) is 10.1. The van der Waals surface area contributed by atoms with Crippen LogP contribution in [0.5, 0.6) is 0 Å². The Kier molecular flexibility index (Phi) is 3.70. The molecule has 0 atom stereocenters. The van der Waals surface area contributed by atoms with Gasteiger partial charge in [0.25, 0.3) is 5.56 Å². The third-order valence-electron chi connectivity index (χ3n) is 3.85. The highest BCUT2D eigenvalue weighted by Crippen LogP contribution is 2.09. The minimum Gasteiger partial charge on any atom is -0.340 e. The Hall–Kier alpha value is -2.21. The molecular weight excluding hydrogens is 268 g/mol. The molecule has 1 aliphatic rings. The number of aromatic nitrogens is 2. The van der Waals surface area contributed by atoms with Gasteiger partial charge in [0.05, 0.1) is 17.4 Å². The number of fused-ring (bicyclic) bond motifs is 1. The SMILES string of the molecule is CC(=O)N1CCN(Cc2nc3ccccc3c(=O)[nH]2)CC1. The fourth-order valence-electron chi connectivity index (χ4n) is 2.64. The van der Waals surface area contributed by atoms with E-state index in [1.165, 1.54) is 0 Å². The second kappa shape index (κ2) is 5.65. The van der Waals surface area contributed by atoms with E-state index >= 15 is 0 Å². The predicted molar refractivity (Wildman–Crippen MR) is 79.9 cm³/mol. The van der Waals surface area contributed by atoms with Gasteiger partial charge in [-0.1, -0.05) is 12.1 Å². The van der Waals surface area contributed by atoms with E-state index in [2.05, 4.69) is 14.9 Å². The van der Waals surface area contributed by atoms with Gasteiger partial charge in [-0.3, -0.25) is 14.5 Å². The van der Waals surface area contributed by atoms with E-state index in [1.54, 1.807) is 13.0 Å². The maximum absolute atomic E-state index is 12.0. The lowest BCUT2D eigenvalue weighted by Gasteiger charge is -2.33. The number of benzene rings is 1. The average Bonchev–Trinajstić information content (AvgIpc) is 2.48. The lowest BCUT2D eigenvalue weighted by atomic mass is 10.2. The van der Waals surface area contributed by atoms with Crippen molar-refractivity contribution in [3.63, 3.8) is 0 Å². The normalized spacial score (nSPS) is 16.3. The van der Waals surface area contributed by atoms with E-state index in [0.29, 0.717) is 17.8 Å². The number of nitrogens with zero attached hydrogens (tertiary/aromatic N) is 3. The zero-order chi connectivity index (χ0) is 14.8. The Labute approximate surface area is 122 Å². The van der Waals surface area contributed by atoms with Crippen LogP contribution in [0.2, 0.25) is 0 Å². The van der Waals surface area contributed by atoms with E-state index in [0.717, 1.165) is 31.7 Å². The van der Waals surface area contributed by atoms with Gasteiger partial charge in [-0.2, -0.15) is 0 Å². The summed E-state index contributed by atoms with van der Waals surface area (Å²) in [5.74, 6) is 0.793. The molecule has 6 nitrogen and oxygen atoms in total. The average molecular weight is 286 g/mol. The number of carbonyl (C=O) groups is 1. The van der Waals surface area contributed by atoms with Gasteiger partial charge in [-0.25, -0.2) is 4.98 Å². The van der Waals surface area contributed by atoms with Crippen molar-refractivity contribution in [2.24, 2.45) is 0 Å². The number of amides is 1. The van der Waals surface area contributed by atoms with Gasteiger partial charge in [-0.05, 0) is 12.1 Å². The molecule has 21 heavy (non-hydrogen) atoms. The van der Waals surface area contributed by atoms with Gasteiger partial charge >= 0.3 is 0 Å². The van der Waals surface area contributed by atoms with Crippen LogP contribution < -0.4 is 5.56 Å². The van der Waals surface area contributed by atoms with Crippen molar-refractivity contribution in [1.82, 2.24) is 19.8 Å². The maximum Gasteiger partial charge on any atom is 0.258 e. The highest BCUT2D eigenvalue weighted by Gasteiger charge is 2.19. The standard InChI is InChI=1S/C15H18N4O2/c1-11(20)19-8-6-18(7-9-19)10-14-16-13-5-3-2-4-12(13)15(21)17-14/h2-5H,6-10H2,1H3,(H,16,17,21). The van der Waals surface area contributed by atoms with Crippen LogP contribution in [0.3, 0.4) is 0 Å². The minimum atomic E-state index is -0.0991. The number of hydrogen-bond acceptors (Lipinski definition) is 4. The first-order valence-corrected chi connectivity index (χ1v) is 7.09. The molecule has 0 saturated carbocycles. The molecule has 0 spiro atoms. The molecule has 3 rings (SSSR count). The Morgan fingerprint density at radius 3 is 2.67 bits per heavy atom. The van der Waals surface area contributed by atoms with E-state index in [-0.39, 0.29) is 11.5 Å². The molecule has 0 radical (unpaired) electrons. The van der Waals surface area contributed by atoms with Crippen molar-refractivity contribution in [1.29, 1.82) is 0 Å². The monoisotopic (exact) mass is 286 g/mol. The lowest BCUT2D eigenvalue weighted by molar-refractivity contribution is -0.130. The topological polar surface area (TPSA) is 69.3 Å². The molecule has 1 N–H and O–H groups in total. The molecule has 2 heterocycles.